The molecule has 0 radical (unpaired) electrons. The number of carbonyl (C=O) groups is 1. The highest BCUT2D eigenvalue weighted by Crippen LogP contribution is 2.41. The Kier molecular flexibility index (Phi) is 1.94. The molecule has 0 unspecified atom stereocenters. The normalized spacial score (nSPS) is 16.5. The molecule has 1 saturated carbocycles. The fourth-order valence-electron chi connectivity index (χ4n) is 1.67. The molecule has 0 aromatic carbocycles. The van der Waals surface area contributed by atoms with Gasteiger partial charge in [-0.05, 0) is 26.7 Å². The van der Waals surface area contributed by atoms with E-state index < -0.39 is 0 Å². The molecule has 1 aromatic heterocycles. The maximum atomic E-state index is 10.7. The zero-order valence-corrected chi connectivity index (χ0v) is 8.03. The van der Waals surface area contributed by atoms with Crippen LogP contribution in [-0.2, 0) is 0 Å². The summed E-state index contributed by atoms with van der Waals surface area (Å²) in [5.41, 5.74) is 1.92. The first-order chi connectivity index (χ1) is 6.24. The van der Waals surface area contributed by atoms with Crippen LogP contribution < -0.4 is 0 Å². The van der Waals surface area contributed by atoms with E-state index in [0.717, 1.165) is 17.5 Å². The van der Waals surface area contributed by atoms with Crippen LogP contribution in [0.2, 0.25) is 0 Å². The number of carbonyl (C=O) groups excluding carboxylic acids is 1. The minimum absolute atomic E-state index is 0.351. The molecule has 1 aliphatic carbocycles. The van der Waals surface area contributed by atoms with Crippen molar-refractivity contribution in [3.8, 4) is 0 Å². The van der Waals surface area contributed by atoms with Crippen molar-refractivity contribution >= 4 is 6.29 Å². The van der Waals surface area contributed by atoms with E-state index >= 15 is 0 Å². The zero-order chi connectivity index (χ0) is 9.42. The highest BCUT2D eigenvalue weighted by Gasteiger charge is 2.30. The molecule has 0 bridgehead atoms. The van der Waals surface area contributed by atoms with Crippen molar-refractivity contribution in [2.24, 2.45) is 0 Å². The third kappa shape index (κ3) is 1.39. The molecule has 1 fully saturated rings. The first kappa shape index (κ1) is 8.48. The fraction of sp³-hybridized carbons (Fsp3) is 0.600. The minimum atomic E-state index is 0.351. The highest BCUT2D eigenvalue weighted by molar-refractivity contribution is 5.76. The fourth-order valence-corrected chi connectivity index (χ4v) is 1.67. The van der Waals surface area contributed by atoms with Gasteiger partial charge in [0.15, 0.2) is 6.29 Å². The highest BCUT2D eigenvalue weighted by atomic mass is 16.1. The molecule has 0 N–H and O–H groups in total. The summed E-state index contributed by atoms with van der Waals surface area (Å²) in [4.78, 5) is 10.7. The van der Waals surface area contributed by atoms with Gasteiger partial charge in [0.25, 0.3) is 0 Å². The first-order valence-electron chi connectivity index (χ1n) is 4.76. The maximum absolute atomic E-state index is 10.7. The summed E-state index contributed by atoms with van der Waals surface area (Å²) in [6, 6.07) is 0.351. The smallest absolute Gasteiger partial charge is 0.153 e. The summed E-state index contributed by atoms with van der Waals surface area (Å²) in [7, 11) is 0. The molecule has 0 amide bonds. The molecule has 3 nitrogen and oxygen atoms in total. The van der Waals surface area contributed by atoms with Gasteiger partial charge in [0.1, 0.15) is 0 Å². The number of hydrogen-bond acceptors (Lipinski definition) is 2. The van der Waals surface area contributed by atoms with Gasteiger partial charge in [-0.15, -0.1) is 0 Å². The maximum Gasteiger partial charge on any atom is 0.153 e. The van der Waals surface area contributed by atoms with Crippen molar-refractivity contribution in [1.82, 2.24) is 9.78 Å². The lowest BCUT2D eigenvalue weighted by atomic mass is 10.2. The van der Waals surface area contributed by atoms with Gasteiger partial charge in [0.2, 0.25) is 0 Å². The summed E-state index contributed by atoms with van der Waals surface area (Å²) in [5, 5.41) is 4.23. The average Bonchev–Trinajstić information content (AvgIpc) is 2.84. The number of hydrogen-bond donors (Lipinski definition) is 0. The molecule has 1 aromatic rings. The van der Waals surface area contributed by atoms with Crippen molar-refractivity contribution in [3.05, 3.63) is 17.5 Å². The van der Waals surface area contributed by atoms with Gasteiger partial charge in [-0.3, -0.25) is 9.48 Å². The van der Waals surface area contributed by atoms with E-state index in [0.29, 0.717) is 12.0 Å². The molecule has 70 valence electrons. The van der Waals surface area contributed by atoms with Crippen LogP contribution in [0.3, 0.4) is 0 Å². The SMILES string of the molecule is CC(C)n1ncc(C=O)c1C1CC1. The predicted octanol–water partition coefficient (Wildman–Crippen LogP) is 2.15. The summed E-state index contributed by atoms with van der Waals surface area (Å²) in [6.45, 7) is 4.18. The van der Waals surface area contributed by atoms with Crippen LogP contribution in [0.15, 0.2) is 6.20 Å². The van der Waals surface area contributed by atoms with E-state index in [1.807, 2.05) is 4.68 Å². The lowest BCUT2D eigenvalue weighted by Gasteiger charge is -2.10. The van der Waals surface area contributed by atoms with Crippen LogP contribution in [0.25, 0.3) is 0 Å². The summed E-state index contributed by atoms with van der Waals surface area (Å²) in [6.07, 6.45) is 5.01. The molecule has 3 heteroatoms. The predicted molar refractivity (Wildman–Crippen MR) is 50.0 cm³/mol. The second-order valence-electron chi connectivity index (χ2n) is 3.92. The van der Waals surface area contributed by atoms with Gasteiger partial charge < -0.3 is 0 Å². The Morgan fingerprint density at radius 2 is 2.31 bits per heavy atom. The first-order valence-corrected chi connectivity index (χ1v) is 4.76. The standard InChI is InChI=1S/C10H14N2O/c1-7(2)12-10(8-3-4-8)9(6-13)5-11-12/h5-8H,3-4H2,1-2H3. The van der Waals surface area contributed by atoms with Crippen LogP contribution in [0, 0.1) is 0 Å². The van der Waals surface area contributed by atoms with Gasteiger partial charge in [0.05, 0.1) is 17.5 Å². The van der Waals surface area contributed by atoms with Crippen LogP contribution in [0.1, 0.15) is 54.7 Å². The van der Waals surface area contributed by atoms with E-state index in [1.165, 1.54) is 12.8 Å². The molecule has 1 aliphatic rings. The Balaban J connectivity index is 2.44. The number of rotatable bonds is 3. The summed E-state index contributed by atoms with van der Waals surface area (Å²) in [5.74, 6) is 0.588. The molecular formula is C10H14N2O. The lowest BCUT2D eigenvalue weighted by Crippen LogP contribution is -2.07. The largest absolute Gasteiger partial charge is 0.298 e. The second kappa shape index (κ2) is 2.98. The van der Waals surface area contributed by atoms with Gasteiger partial charge >= 0.3 is 0 Å². The molecule has 1 heterocycles. The van der Waals surface area contributed by atoms with E-state index in [-0.39, 0.29) is 0 Å². The third-order valence-corrected chi connectivity index (χ3v) is 2.44. The van der Waals surface area contributed by atoms with E-state index in [9.17, 15) is 4.79 Å². The van der Waals surface area contributed by atoms with Crippen molar-refractivity contribution < 1.29 is 4.79 Å². The summed E-state index contributed by atoms with van der Waals surface area (Å²) >= 11 is 0. The van der Waals surface area contributed by atoms with Gasteiger partial charge in [-0.2, -0.15) is 5.10 Å². The Labute approximate surface area is 77.7 Å². The van der Waals surface area contributed by atoms with Crippen LogP contribution in [0.5, 0.6) is 0 Å². The number of nitrogens with zero attached hydrogens (tertiary/aromatic N) is 2. The monoisotopic (exact) mass is 178 g/mol. The Morgan fingerprint density at radius 3 is 2.77 bits per heavy atom. The van der Waals surface area contributed by atoms with Gasteiger partial charge in [-0.1, -0.05) is 0 Å². The van der Waals surface area contributed by atoms with E-state index in [2.05, 4.69) is 18.9 Å². The average molecular weight is 178 g/mol. The zero-order valence-electron chi connectivity index (χ0n) is 8.03. The number of aromatic nitrogens is 2. The van der Waals surface area contributed by atoms with Crippen molar-refractivity contribution in [2.45, 2.75) is 38.6 Å². The minimum Gasteiger partial charge on any atom is -0.298 e. The topological polar surface area (TPSA) is 34.9 Å². The second-order valence-corrected chi connectivity index (χ2v) is 3.92. The van der Waals surface area contributed by atoms with Crippen molar-refractivity contribution in [3.63, 3.8) is 0 Å². The number of aldehydes is 1. The van der Waals surface area contributed by atoms with Crippen LogP contribution in [0.4, 0.5) is 0 Å². The van der Waals surface area contributed by atoms with E-state index in [4.69, 9.17) is 0 Å². The van der Waals surface area contributed by atoms with Crippen molar-refractivity contribution in [1.29, 1.82) is 0 Å². The Morgan fingerprint density at radius 1 is 1.62 bits per heavy atom. The Bertz CT molecular complexity index is 324. The lowest BCUT2D eigenvalue weighted by molar-refractivity contribution is 0.112. The molecule has 0 spiro atoms. The molecular weight excluding hydrogens is 164 g/mol. The van der Waals surface area contributed by atoms with Crippen LogP contribution >= 0.6 is 0 Å². The molecule has 0 aliphatic heterocycles. The molecule has 2 rings (SSSR count). The Hall–Kier alpha value is -1.12. The third-order valence-electron chi connectivity index (χ3n) is 2.44. The molecule has 0 atom stereocenters. The quantitative estimate of drug-likeness (QED) is 0.665. The summed E-state index contributed by atoms with van der Waals surface area (Å²) < 4.78 is 1.97. The molecule has 0 saturated heterocycles. The molecule has 13 heavy (non-hydrogen) atoms. The van der Waals surface area contributed by atoms with E-state index in [1.54, 1.807) is 6.20 Å². The van der Waals surface area contributed by atoms with Gasteiger partial charge in [-0.25, -0.2) is 0 Å². The van der Waals surface area contributed by atoms with Gasteiger partial charge in [0, 0.05) is 12.0 Å². The van der Waals surface area contributed by atoms with Crippen LogP contribution in [-0.4, -0.2) is 16.1 Å². The van der Waals surface area contributed by atoms with Crippen molar-refractivity contribution in [2.75, 3.05) is 0 Å².